The Morgan fingerprint density at radius 2 is 1.40 bits per heavy atom. The van der Waals surface area contributed by atoms with Gasteiger partial charge in [0.15, 0.2) is 12.3 Å². The summed E-state index contributed by atoms with van der Waals surface area (Å²) in [7, 11) is 1.66. The molecule has 4 aliphatic heterocycles. The molecule has 2 aromatic carbocycles. The minimum atomic E-state index is -0.173. The molecular weight excluding hydrogens is 906 g/mol. The molecule has 3 amide bonds. The number of amides is 3. The molecular formula is C52H76ClN5O9S. The molecule has 2 fully saturated rings. The average molecular weight is 983 g/mol. The number of ether oxygens (including phenoxy) is 7. The van der Waals surface area contributed by atoms with Crippen LogP contribution in [-0.4, -0.2) is 158 Å². The summed E-state index contributed by atoms with van der Waals surface area (Å²) >= 11 is 1.91. The Kier molecular flexibility index (Phi) is 23.4. The molecule has 0 aliphatic carbocycles. The molecule has 2 aromatic rings. The molecule has 68 heavy (non-hydrogen) atoms. The van der Waals surface area contributed by atoms with E-state index >= 15 is 0 Å². The van der Waals surface area contributed by atoms with Crippen LogP contribution in [-0.2, 0) is 48.8 Å². The lowest BCUT2D eigenvalue weighted by atomic mass is 9.81. The Balaban J connectivity index is 0.00000864. The number of carbonyl (C=O) groups is 2. The minimum absolute atomic E-state index is 0. The van der Waals surface area contributed by atoms with Crippen LogP contribution in [0.4, 0.5) is 16.2 Å². The van der Waals surface area contributed by atoms with E-state index in [1.807, 2.05) is 11.8 Å². The summed E-state index contributed by atoms with van der Waals surface area (Å²) in [4.78, 5) is 26.2. The maximum absolute atomic E-state index is 12.3. The average Bonchev–Trinajstić information content (AvgIpc) is 4.00. The van der Waals surface area contributed by atoms with Gasteiger partial charge in [0.2, 0.25) is 11.6 Å². The molecule has 0 radical (unpaired) electrons. The molecule has 4 aliphatic rings. The van der Waals surface area contributed by atoms with Gasteiger partial charge in [0.05, 0.1) is 96.8 Å². The van der Waals surface area contributed by atoms with Crippen molar-refractivity contribution in [3.63, 3.8) is 0 Å². The summed E-state index contributed by atoms with van der Waals surface area (Å²) in [5.74, 6) is 1.01. The standard InChI is InChI=1S/C52H75N5O9S.ClH/c1-51(2)40-15-9-11-17-43(40)56(24-27-62-32-35-65-34-31-61-26-23-53-48(58)22-14-13-19-45-49-42(39-67-45)54-50(59)55-49)46(51)20-7-6-8-21-47-52(3,4)41-16-10-12-18-44(41)57(47)25-28-63-33-36-66-38-37-64-30-29-60-5;/h6-12,15-18,20-21,42,45,49H,13-14,19,22-39H2,1-5H3,(H2-,53,54,55,58,59);1H/t42-,45-,49-;/m0./s1. The van der Waals surface area contributed by atoms with Crippen molar-refractivity contribution in [3.05, 3.63) is 95.7 Å². The summed E-state index contributed by atoms with van der Waals surface area (Å²) in [6.45, 7) is 17.9. The van der Waals surface area contributed by atoms with E-state index in [0.717, 1.165) is 38.1 Å². The first-order valence-electron chi connectivity index (χ1n) is 24.2. The second-order valence-corrected chi connectivity index (χ2v) is 19.4. The van der Waals surface area contributed by atoms with Crippen molar-refractivity contribution < 1.29 is 59.7 Å². The Morgan fingerprint density at radius 1 is 0.765 bits per heavy atom. The smallest absolute Gasteiger partial charge is 0.315 e. The molecule has 0 bridgehead atoms. The van der Waals surface area contributed by atoms with E-state index in [1.165, 1.54) is 33.9 Å². The van der Waals surface area contributed by atoms with Gasteiger partial charge >= 0.3 is 6.03 Å². The van der Waals surface area contributed by atoms with Crippen LogP contribution < -0.4 is 33.3 Å². The molecule has 0 saturated carbocycles. The van der Waals surface area contributed by atoms with Crippen LogP contribution in [0.2, 0.25) is 0 Å². The van der Waals surface area contributed by atoms with E-state index in [9.17, 15) is 9.59 Å². The first-order valence-corrected chi connectivity index (χ1v) is 25.3. The zero-order valence-electron chi connectivity index (χ0n) is 40.9. The fourth-order valence-electron chi connectivity index (χ4n) is 9.28. The number of para-hydroxylation sites is 2. The maximum Gasteiger partial charge on any atom is 0.315 e. The van der Waals surface area contributed by atoms with Crippen molar-refractivity contribution in [2.24, 2.45) is 0 Å². The highest BCUT2D eigenvalue weighted by atomic mass is 35.5. The number of methoxy groups -OCH3 is 1. The highest BCUT2D eigenvalue weighted by Gasteiger charge is 2.44. The van der Waals surface area contributed by atoms with Gasteiger partial charge in [-0.2, -0.15) is 16.3 Å². The molecule has 4 heterocycles. The number of rotatable bonds is 32. The van der Waals surface area contributed by atoms with E-state index in [1.54, 1.807) is 7.11 Å². The predicted molar refractivity (Wildman–Crippen MR) is 266 cm³/mol. The molecule has 3 atom stereocenters. The third-order valence-electron chi connectivity index (χ3n) is 12.8. The zero-order chi connectivity index (χ0) is 47.3. The van der Waals surface area contributed by atoms with Gasteiger partial charge in [0, 0.05) is 72.1 Å². The number of urea groups is 1. The van der Waals surface area contributed by atoms with E-state index in [4.69, 9.17) is 33.2 Å². The Hall–Kier alpha value is -3.77. The number of allylic oxidation sites excluding steroid dienone is 6. The van der Waals surface area contributed by atoms with Gasteiger partial charge in [-0.3, -0.25) is 4.79 Å². The van der Waals surface area contributed by atoms with Crippen LogP contribution in [0.15, 0.2) is 84.6 Å². The number of carbonyl (C=O) groups excluding carboxylic acids is 2. The third-order valence-corrected chi connectivity index (χ3v) is 14.3. The van der Waals surface area contributed by atoms with Crippen molar-refractivity contribution in [3.8, 4) is 0 Å². The SMILES string of the molecule is COCCOCCOCCOCCN1\C(=C/C=C/C=C/C2=[N+](CCOCCOCCOCCNC(=O)CCCC[C@@H]3SC[C@@H]4NC(=O)N[C@@H]43)c3ccccc3C2(C)C)C(C)(C)c2ccccc21.[Cl-]. The normalized spacial score (nSPS) is 20.5. The van der Waals surface area contributed by atoms with Gasteiger partial charge in [-0.1, -0.05) is 74.9 Å². The van der Waals surface area contributed by atoms with Crippen molar-refractivity contribution in [1.82, 2.24) is 16.0 Å². The summed E-state index contributed by atoms with van der Waals surface area (Å²) in [6.07, 6.45) is 14.2. The summed E-state index contributed by atoms with van der Waals surface area (Å²) in [5, 5.41) is 9.37. The Bertz CT molecular complexity index is 2010. The number of unbranched alkanes of at least 4 members (excludes halogenated alkanes) is 1. The van der Waals surface area contributed by atoms with Crippen molar-refractivity contribution in [1.29, 1.82) is 0 Å². The largest absolute Gasteiger partial charge is 1.00 e. The van der Waals surface area contributed by atoms with Crippen LogP contribution in [0.25, 0.3) is 0 Å². The Morgan fingerprint density at radius 3 is 2.12 bits per heavy atom. The van der Waals surface area contributed by atoms with Crippen LogP contribution in [0, 0.1) is 0 Å². The molecule has 376 valence electrons. The monoisotopic (exact) mass is 982 g/mol. The first kappa shape index (κ1) is 55.2. The minimum Gasteiger partial charge on any atom is -1.00 e. The van der Waals surface area contributed by atoms with Crippen LogP contribution in [0.5, 0.6) is 0 Å². The van der Waals surface area contributed by atoms with Gasteiger partial charge in [-0.25, -0.2) is 4.79 Å². The third kappa shape index (κ3) is 15.6. The molecule has 16 heteroatoms. The molecule has 0 unspecified atom stereocenters. The second-order valence-electron chi connectivity index (χ2n) is 18.2. The second kappa shape index (κ2) is 28.8. The molecule has 0 aromatic heterocycles. The van der Waals surface area contributed by atoms with E-state index in [0.29, 0.717) is 104 Å². The number of hydrogen-bond acceptors (Lipinski definition) is 11. The van der Waals surface area contributed by atoms with E-state index < -0.39 is 0 Å². The lowest BCUT2D eigenvalue weighted by Gasteiger charge is -2.27. The number of thioether (sulfide) groups is 1. The quantitative estimate of drug-likeness (QED) is 0.0430. The van der Waals surface area contributed by atoms with Gasteiger partial charge < -0.3 is 66.4 Å². The van der Waals surface area contributed by atoms with Crippen molar-refractivity contribution in [2.45, 2.75) is 81.5 Å². The number of benzene rings is 2. The molecule has 6 rings (SSSR count). The number of hydrogen-bond donors (Lipinski definition) is 3. The van der Waals surface area contributed by atoms with E-state index in [2.05, 4.69) is 132 Å². The molecule has 14 nitrogen and oxygen atoms in total. The highest BCUT2D eigenvalue weighted by Crippen LogP contribution is 2.47. The van der Waals surface area contributed by atoms with Gasteiger partial charge in [0.25, 0.3) is 0 Å². The number of fused-ring (bicyclic) bond motifs is 3. The number of anilines is 1. The lowest BCUT2D eigenvalue weighted by molar-refractivity contribution is -0.442. The van der Waals surface area contributed by atoms with E-state index in [-0.39, 0.29) is 47.3 Å². The fourth-order valence-corrected chi connectivity index (χ4v) is 10.8. The van der Waals surface area contributed by atoms with Crippen molar-refractivity contribution >= 4 is 40.8 Å². The van der Waals surface area contributed by atoms with Crippen molar-refractivity contribution in [2.75, 3.05) is 123 Å². The molecule has 2 saturated heterocycles. The summed E-state index contributed by atoms with van der Waals surface area (Å²) in [6, 6.07) is 17.7. The lowest BCUT2D eigenvalue weighted by Crippen LogP contribution is -3.00. The van der Waals surface area contributed by atoms with Gasteiger partial charge in [-0.05, 0) is 44.4 Å². The summed E-state index contributed by atoms with van der Waals surface area (Å²) < 4.78 is 42.0. The van der Waals surface area contributed by atoms with Gasteiger partial charge in [0.1, 0.15) is 6.61 Å². The number of nitrogens with zero attached hydrogens (tertiary/aromatic N) is 2. The highest BCUT2D eigenvalue weighted by molar-refractivity contribution is 8.00. The number of nitrogens with one attached hydrogen (secondary N) is 3. The van der Waals surface area contributed by atoms with Crippen LogP contribution in [0.3, 0.4) is 0 Å². The number of halogens is 1. The Labute approximate surface area is 415 Å². The zero-order valence-corrected chi connectivity index (χ0v) is 42.5. The maximum atomic E-state index is 12.3. The van der Waals surface area contributed by atoms with Crippen LogP contribution in [0.1, 0.15) is 64.5 Å². The van der Waals surface area contributed by atoms with Crippen LogP contribution >= 0.6 is 11.8 Å². The fraction of sp³-hybridized carbons (Fsp3) is 0.596. The predicted octanol–water partition coefficient (Wildman–Crippen LogP) is 3.45. The molecule has 0 spiro atoms. The van der Waals surface area contributed by atoms with Gasteiger partial charge in [-0.15, -0.1) is 0 Å². The first-order chi connectivity index (χ1) is 32.6. The summed E-state index contributed by atoms with van der Waals surface area (Å²) in [5.41, 5.74) is 7.18. The molecule has 3 N–H and O–H groups in total. The topological polar surface area (TPSA) is 141 Å².